The summed E-state index contributed by atoms with van der Waals surface area (Å²) >= 11 is 0. The summed E-state index contributed by atoms with van der Waals surface area (Å²) in [5.74, 6) is -0.612. The Labute approximate surface area is 99.4 Å². The van der Waals surface area contributed by atoms with Gasteiger partial charge in [-0.25, -0.2) is 0 Å². The van der Waals surface area contributed by atoms with Crippen LogP contribution in [0.5, 0.6) is 5.75 Å². The molecule has 2 N–H and O–H groups in total. The third-order valence-electron chi connectivity index (χ3n) is 2.03. The number of carboxylic acid groups (broad SMARTS) is 1. The molecule has 0 aliphatic rings. The van der Waals surface area contributed by atoms with Crippen LogP contribution < -0.4 is 10.1 Å². The van der Waals surface area contributed by atoms with Crippen LogP contribution in [-0.4, -0.2) is 30.1 Å². The number of aliphatic carboxylic acids is 1. The molecule has 1 aromatic rings. The molecule has 0 unspecified atom stereocenters. The van der Waals surface area contributed by atoms with Crippen LogP contribution in [0.25, 0.3) is 0 Å². The predicted molar refractivity (Wildman–Crippen MR) is 62.2 cm³/mol. The third-order valence-corrected chi connectivity index (χ3v) is 2.03. The highest BCUT2D eigenvalue weighted by atomic mass is 16.5. The Balaban J connectivity index is 2.56. The molecule has 0 aliphatic carbocycles. The Morgan fingerprint density at radius 3 is 2.82 bits per heavy atom. The molecule has 1 rings (SSSR count). The summed E-state index contributed by atoms with van der Waals surface area (Å²) in [7, 11) is 0. The van der Waals surface area contributed by atoms with Crippen molar-refractivity contribution in [1.29, 1.82) is 0 Å². The van der Waals surface area contributed by atoms with Crippen LogP contribution in [0.4, 0.5) is 0 Å². The molecule has 5 nitrogen and oxygen atoms in total. The number of hydrogen-bond acceptors (Lipinski definition) is 3. The van der Waals surface area contributed by atoms with Crippen LogP contribution in [-0.2, 0) is 4.79 Å². The maximum absolute atomic E-state index is 11.6. The van der Waals surface area contributed by atoms with Gasteiger partial charge in [0.25, 0.3) is 5.91 Å². The van der Waals surface area contributed by atoms with Crippen LogP contribution in [0.1, 0.15) is 23.7 Å². The van der Waals surface area contributed by atoms with Crippen molar-refractivity contribution in [2.75, 3.05) is 13.2 Å². The number of carbonyl (C=O) groups excluding carboxylic acids is 1. The molecule has 0 radical (unpaired) electrons. The standard InChI is InChI=1S/C12H15NO4/c1-2-17-10-5-3-4-9(8-10)12(16)13-7-6-11(14)15/h3-5,8H,2,6-7H2,1H3,(H,13,16)(H,14,15). The van der Waals surface area contributed by atoms with Crippen molar-refractivity contribution >= 4 is 11.9 Å². The summed E-state index contributed by atoms with van der Waals surface area (Å²) in [5, 5.41) is 11.0. The van der Waals surface area contributed by atoms with Gasteiger partial charge >= 0.3 is 5.97 Å². The lowest BCUT2D eigenvalue weighted by molar-refractivity contribution is -0.136. The average Bonchev–Trinajstić information content (AvgIpc) is 2.29. The van der Waals surface area contributed by atoms with E-state index in [1.165, 1.54) is 0 Å². The smallest absolute Gasteiger partial charge is 0.305 e. The fourth-order valence-corrected chi connectivity index (χ4v) is 1.28. The molecule has 0 fully saturated rings. The van der Waals surface area contributed by atoms with Crippen molar-refractivity contribution in [3.05, 3.63) is 29.8 Å². The second kappa shape index (κ2) is 6.52. The average molecular weight is 237 g/mol. The van der Waals surface area contributed by atoms with E-state index in [0.717, 1.165) is 0 Å². The van der Waals surface area contributed by atoms with E-state index in [0.29, 0.717) is 17.9 Å². The highest BCUT2D eigenvalue weighted by molar-refractivity contribution is 5.94. The minimum atomic E-state index is -0.937. The lowest BCUT2D eigenvalue weighted by atomic mass is 10.2. The van der Waals surface area contributed by atoms with Gasteiger partial charge in [0.2, 0.25) is 0 Å². The fraction of sp³-hybridized carbons (Fsp3) is 0.333. The van der Waals surface area contributed by atoms with Gasteiger partial charge in [-0.05, 0) is 25.1 Å². The van der Waals surface area contributed by atoms with E-state index in [4.69, 9.17) is 9.84 Å². The van der Waals surface area contributed by atoms with Crippen molar-refractivity contribution in [3.63, 3.8) is 0 Å². The molecule has 0 bridgehead atoms. The van der Waals surface area contributed by atoms with Crippen molar-refractivity contribution < 1.29 is 19.4 Å². The first-order chi connectivity index (χ1) is 8.13. The largest absolute Gasteiger partial charge is 0.494 e. The normalized spacial score (nSPS) is 9.71. The molecule has 5 heteroatoms. The summed E-state index contributed by atoms with van der Waals surface area (Å²) in [6.07, 6.45) is -0.0864. The highest BCUT2D eigenvalue weighted by Crippen LogP contribution is 2.12. The van der Waals surface area contributed by atoms with Crippen molar-refractivity contribution in [2.24, 2.45) is 0 Å². The molecule has 17 heavy (non-hydrogen) atoms. The number of amides is 1. The summed E-state index contributed by atoms with van der Waals surface area (Å²) < 4.78 is 5.27. The second-order valence-corrected chi connectivity index (χ2v) is 3.36. The van der Waals surface area contributed by atoms with Crippen molar-refractivity contribution in [1.82, 2.24) is 5.32 Å². The van der Waals surface area contributed by atoms with E-state index < -0.39 is 5.97 Å². The minimum Gasteiger partial charge on any atom is -0.494 e. The number of carbonyl (C=O) groups is 2. The minimum absolute atomic E-state index is 0.0864. The zero-order valence-corrected chi connectivity index (χ0v) is 9.60. The third kappa shape index (κ3) is 4.55. The first-order valence-electron chi connectivity index (χ1n) is 5.36. The number of benzene rings is 1. The molecular formula is C12H15NO4. The summed E-state index contributed by atoms with van der Waals surface area (Å²) in [6.45, 7) is 2.51. The van der Waals surface area contributed by atoms with E-state index in [1.54, 1.807) is 24.3 Å². The number of hydrogen-bond donors (Lipinski definition) is 2. The topological polar surface area (TPSA) is 75.6 Å². The Bertz CT molecular complexity index is 403. The predicted octanol–water partition coefficient (Wildman–Crippen LogP) is 1.29. The van der Waals surface area contributed by atoms with Crippen LogP contribution >= 0.6 is 0 Å². The molecule has 0 saturated carbocycles. The van der Waals surface area contributed by atoms with Crippen molar-refractivity contribution in [3.8, 4) is 5.75 Å². The molecule has 0 aromatic heterocycles. The van der Waals surface area contributed by atoms with Crippen LogP contribution in [0, 0.1) is 0 Å². The quantitative estimate of drug-likeness (QED) is 0.781. The van der Waals surface area contributed by atoms with E-state index in [-0.39, 0.29) is 18.9 Å². The van der Waals surface area contributed by atoms with Gasteiger partial charge < -0.3 is 15.2 Å². The molecule has 0 heterocycles. The number of rotatable bonds is 6. The lowest BCUT2D eigenvalue weighted by Gasteiger charge is -2.06. The molecule has 1 amide bonds. The highest BCUT2D eigenvalue weighted by Gasteiger charge is 2.06. The molecule has 0 aliphatic heterocycles. The summed E-state index contributed by atoms with van der Waals surface area (Å²) in [6, 6.07) is 6.76. The van der Waals surface area contributed by atoms with Gasteiger partial charge in [0, 0.05) is 12.1 Å². The zero-order valence-electron chi connectivity index (χ0n) is 9.60. The monoisotopic (exact) mass is 237 g/mol. The summed E-state index contributed by atoms with van der Waals surface area (Å²) in [5.41, 5.74) is 0.460. The second-order valence-electron chi connectivity index (χ2n) is 3.36. The SMILES string of the molecule is CCOc1cccc(C(=O)NCCC(=O)O)c1. The number of nitrogens with one attached hydrogen (secondary N) is 1. The number of ether oxygens (including phenoxy) is 1. The maximum atomic E-state index is 11.6. The van der Waals surface area contributed by atoms with Gasteiger partial charge in [-0.2, -0.15) is 0 Å². The van der Waals surface area contributed by atoms with E-state index >= 15 is 0 Å². The summed E-state index contributed by atoms with van der Waals surface area (Å²) in [4.78, 5) is 21.9. The lowest BCUT2D eigenvalue weighted by Crippen LogP contribution is -2.25. The molecule has 92 valence electrons. The van der Waals surface area contributed by atoms with E-state index in [9.17, 15) is 9.59 Å². The molecule has 0 spiro atoms. The molecule has 1 aromatic carbocycles. The molecular weight excluding hydrogens is 222 g/mol. The van der Waals surface area contributed by atoms with Gasteiger partial charge in [-0.3, -0.25) is 9.59 Å². The molecule has 0 saturated heterocycles. The van der Waals surface area contributed by atoms with Gasteiger partial charge in [0.15, 0.2) is 0 Å². The Kier molecular flexibility index (Phi) is 5.00. The maximum Gasteiger partial charge on any atom is 0.305 e. The van der Waals surface area contributed by atoms with Gasteiger partial charge in [0.1, 0.15) is 5.75 Å². The zero-order chi connectivity index (χ0) is 12.7. The number of carboxylic acids is 1. The van der Waals surface area contributed by atoms with Gasteiger partial charge in [-0.1, -0.05) is 6.07 Å². The fourth-order valence-electron chi connectivity index (χ4n) is 1.28. The van der Waals surface area contributed by atoms with Crippen molar-refractivity contribution in [2.45, 2.75) is 13.3 Å². The van der Waals surface area contributed by atoms with Gasteiger partial charge in [0.05, 0.1) is 13.0 Å². The first-order valence-corrected chi connectivity index (χ1v) is 5.36. The Morgan fingerprint density at radius 1 is 1.41 bits per heavy atom. The van der Waals surface area contributed by atoms with Crippen LogP contribution in [0.2, 0.25) is 0 Å². The Hall–Kier alpha value is -2.04. The molecule has 0 atom stereocenters. The Morgan fingerprint density at radius 2 is 2.18 bits per heavy atom. The van der Waals surface area contributed by atoms with Crippen LogP contribution in [0.15, 0.2) is 24.3 Å². The van der Waals surface area contributed by atoms with E-state index in [2.05, 4.69) is 5.32 Å². The van der Waals surface area contributed by atoms with Gasteiger partial charge in [-0.15, -0.1) is 0 Å². The van der Waals surface area contributed by atoms with E-state index in [1.807, 2.05) is 6.92 Å². The first kappa shape index (κ1) is 13.0. The van der Waals surface area contributed by atoms with Crippen LogP contribution in [0.3, 0.4) is 0 Å².